The van der Waals surface area contributed by atoms with E-state index in [-0.39, 0.29) is 10.6 Å². The predicted octanol–water partition coefficient (Wildman–Crippen LogP) is 2.82. The van der Waals surface area contributed by atoms with E-state index in [1.54, 1.807) is 12.1 Å². The highest BCUT2D eigenvalue weighted by molar-refractivity contribution is 5.82. The molecule has 0 radical (unpaired) electrons. The molecule has 23 heavy (non-hydrogen) atoms. The van der Waals surface area contributed by atoms with E-state index in [0.717, 1.165) is 29.8 Å². The van der Waals surface area contributed by atoms with Gasteiger partial charge in [0.1, 0.15) is 5.82 Å². The van der Waals surface area contributed by atoms with Gasteiger partial charge in [-0.1, -0.05) is 0 Å². The Hall–Kier alpha value is -2.21. The maximum atomic E-state index is 10.9. The summed E-state index contributed by atoms with van der Waals surface area (Å²) in [6.07, 6.45) is 3.74. The molecule has 2 bridgehead atoms. The third-order valence-electron chi connectivity index (χ3n) is 5.34. The van der Waals surface area contributed by atoms with Crippen molar-refractivity contribution in [2.45, 2.75) is 31.3 Å². The molecule has 6 heteroatoms. The first-order valence-corrected chi connectivity index (χ1v) is 8.14. The van der Waals surface area contributed by atoms with Gasteiger partial charge in [0.05, 0.1) is 10.4 Å². The molecule has 2 saturated heterocycles. The lowest BCUT2D eigenvalue weighted by molar-refractivity contribution is -0.384. The molecule has 1 aromatic heterocycles. The number of pyridine rings is 1. The van der Waals surface area contributed by atoms with Crippen LogP contribution in [0.5, 0.6) is 0 Å². The van der Waals surface area contributed by atoms with Gasteiger partial charge in [-0.2, -0.15) is 0 Å². The molecular weight excluding hydrogens is 292 g/mol. The summed E-state index contributed by atoms with van der Waals surface area (Å²) < 4.78 is 0. The van der Waals surface area contributed by atoms with E-state index < -0.39 is 0 Å². The summed E-state index contributed by atoms with van der Waals surface area (Å²) >= 11 is 0. The average molecular weight is 312 g/mol. The van der Waals surface area contributed by atoms with Crippen molar-refractivity contribution in [3.05, 3.63) is 40.4 Å². The minimum Gasteiger partial charge on any atom is -0.355 e. The molecule has 2 aromatic rings. The van der Waals surface area contributed by atoms with Crippen molar-refractivity contribution in [3.63, 3.8) is 0 Å². The minimum absolute atomic E-state index is 0.112. The maximum absolute atomic E-state index is 10.9. The zero-order chi connectivity index (χ0) is 16.0. The Labute approximate surface area is 134 Å². The van der Waals surface area contributed by atoms with Crippen molar-refractivity contribution >= 4 is 22.4 Å². The van der Waals surface area contributed by atoms with Crippen molar-refractivity contribution in [3.8, 4) is 0 Å². The Balaban J connectivity index is 1.64. The van der Waals surface area contributed by atoms with Crippen LogP contribution in [-0.2, 0) is 0 Å². The number of nitro groups is 1. The molecule has 0 amide bonds. The molecule has 2 atom stereocenters. The number of benzene rings is 1. The normalized spacial score (nSPS) is 24.8. The lowest BCUT2D eigenvalue weighted by Crippen LogP contribution is -2.36. The van der Waals surface area contributed by atoms with Crippen LogP contribution in [0.1, 0.15) is 19.3 Å². The van der Waals surface area contributed by atoms with E-state index in [1.165, 1.54) is 25.3 Å². The summed E-state index contributed by atoms with van der Waals surface area (Å²) in [5, 5.41) is 11.7. The van der Waals surface area contributed by atoms with Gasteiger partial charge in [0.2, 0.25) is 0 Å². The standard InChI is InChI=1S/C17H20N4O2/c1-19-13-3-4-15(19)11-20(9-8-13)17-7-2-12-10-14(21(22)23)5-6-16(12)18-17/h2,5-7,10,13,15H,3-4,8-9,11H2,1H3/t13-,15+/m1/s1. The SMILES string of the molecule is CN1[C@@H]2CC[C@H]1CN(c1ccc3cc([N+](=O)[O-])ccc3n1)CC2. The zero-order valence-corrected chi connectivity index (χ0v) is 13.2. The summed E-state index contributed by atoms with van der Waals surface area (Å²) in [7, 11) is 2.23. The largest absolute Gasteiger partial charge is 0.355 e. The summed E-state index contributed by atoms with van der Waals surface area (Å²) in [5.41, 5.74) is 0.927. The molecule has 0 aliphatic carbocycles. The van der Waals surface area contributed by atoms with Gasteiger partial charge >= 0.3 is 0 Å². The molecule has 0 spiro atoms. The van der Waals surface area contributed by atoms with Crippen LogP contribution in [0.2, 0.25) is 0 Å². The third kappa shape index (κ3) is 2.53. The molecule has 6 nitrogen and oxygen atoms in total. The van der Waals surface area contributed by atoms with Gasteiger partial charge in [-0.15, -0.1) is 0 Å². The molecule has 0 saturated carbocycles. The Morgan fingerprint density at radius 1 is 1.17 bits per heavy atom. The zero-order valence-electron chi connectivity index (χ0n) is 13.2. The number of aromatic nitrogens is 1. The van der Waals surface area contributed by atoms with Crippen molar-refractivity contribution < 1.29 is 4.92 Å². The number of nitro benzene ring substituents is 1. The van der Waals surface area contributed by atoms with Gasteiger partial charge in [-0.3, -0.25) is 15.0 Å². The van der Waals surface area contributed by atoms with Gasteiger partial charge in [0.15, 0.2) is 0 Å². The fraction of sp³-hybridized carbons (Fsp3) is 0.471. The van der Waals surface area contributed by atoms with Crippen molar-refractivity contribution in [2.75, 3.05) is 25.0 Å². The fourth-order valence-corrected chi connectivity index (χ4v) is 3.91. The van der Waals surface area contributed by atoms with Gasteiger partial charge in [-0.05, 0) is 44.5 Å². The molecule has 0 N–H and O–H groups in total. The summed E-state index contributed by atoms with van der Waals surface area (Å²) in [6, 6.07) is 10.1. The predicted molar refractivity (Wildman–Crippen MR) is 89.8 cm³/mol. The Morgan fingerprint density at radius 2 is 2.00 bits per heavy atom. The molecule has 3 heterocycles. The van der Waals surface area contributed by atoms with Crippen molar-refractivity contribution in [1.82, 2.24) is 9.88 Å². The summed E-state index contributed by atoms with van der Waals surface area (Å²) in [4.78, 5) is 20.1. The highest BCUT2D eigenvalue weighted by atomic mass is 16.6. The Kier molecular flexibility index (Phi) is 3.41. The maximum Gasteiger partial charge on any atom is 0.270 e. The van der Waals surface area contributed by atoms with E-state index in [9.17, 15) is 10.1 Å². The van der Waals surface area contributed by atoms with Crippen molar-refractivity contribution in [2.24, 2.45) is 0 Å². The average Bonchev–Trinajstić information content (AvgIpc) is 2.79. The number of nitrogens with zero attached hydrogens (tertiary/aromatic N) is 4. The van der Waals surface area contributed by atoms with Crippen LogP contribution in [0, 0.1) is 10.1 Å². The molecule has 120 valence electrons. The first kappa shape index (κ1) is 14.4. The van der Waals surface area contributed by atoms with Crippen LogP contribution < -0.4 is 4.90 Å². The lowest BCUT2D eigenvalue weighted by atomic mass is 10.1. The van der Waals surface area contributed by atoms with E-state index in [2.05, 4.69) is 16.8 Å². The molecule has 4 rings (SSSR count). The second kappa shape index (κ2) is 5.45. The third-order valence-corrected chi connectivity index (χ3v) is 5.34. The summed E-state index contributed by atoms with van der Waals surface area (Å²) in [5.74, 6) is 0.979. The number of anilines is 1. The van der Waals surface area contributed by atoms with Gasteiger partial charge in [-0.25, -0.2) is 4.98 Å². The number of hydrogen-bond acceptors (Lipinski definition) is 5. The van der Waals surface area contributed by atoms with Crippen LogP contribution in [0.25, 0.3) is 10.9 Å². The number of fused-ring (bicyclic) bond motifs is 3. The van der Waals surface area contributed by atoms with E-state index in [1.807, 2.05) is 12.1 Å². The number of likely N-dealkylation sites (N-methyl/N-ethyl adjacent to an activating group) is 1. The monoisotopic (exact) mass is 312 g/mol. The van der Waals surface area contributed by atoms with Gasteiger partial charge < -0.3 is 4.90 Å². The number of non-ortho nitro benzene ring substituents is 1. The molecule has 2 fully saturated rings. The second-order valence-electron chi connectivity index (χ2n) is 6.59. The Bertz CT molecular complexity index is 763. The van der Waals surface area contributed by atoms with Crippen LogP contribution >= 0.6 is 0 Å². The highest BCUT2D eigenvalue weighted by Crippen LogP contribution is 2.31. The lowest BCUT2D eigenvalue weighted by Gasteiger charge is -2.26. The van der Waals surface area contributed by atoms with Crippen LogP contribution in [0.15, 0.2) is 30.3 Å². The van der Waals surface area contributed by atoms with E-state index >= 15 is 0 Å². The van der Waals surface area contributed by atoms with Gasteiger partial charge in [0.25, 0.3) is 5.69 Å². The van der Waals surface area contributed by atoms with Crippen molar-refractivity contribution in [1.29, 1.82) is 0 Å². The Morgan fingerprint density at radius 3 is 2.83 bits per heavy atom. The molecule has 0 unspecified atom stereocenters. The number of rotatable bonds is 2. The van der Waals surface area contributed by atoms with Crippen LogP contribution in [0.4, 0.5) is 11.5 Å². The minimum atomic E-state index is -0.366. The highest BCUT2D eigenvalue weighted by Gasteiger charge is 2.34. The fourth-order valence-electron chi connectivity index (χ4n) is 3.91. The van der Waals surface area contributed by atoms with Gasteiger partial charge in [0, 0.05) is 42.7 Å². The molecule has 1 aromatic carbocycles. The summed E-state index contributed by atoms with van der Waals surface area (Å²) in [6.45, 7) is 2.04. The topological polar surface area (TPSA) is 62.5 Å². The van der Waals surface area contributed by atoms with E-state index in [4.69, 9.17) is 4.98 Å². The smallest absolute Gasteiger partial charge is 0.270 e. The first-order valence-electron chi connectivity index (χ1n) is 8.14. The molecule has 2 aliphatic heterocycles. The molecular formula is C17H20N4O2. The quantitative estimate of drug-likeness (QED) is 0.630. The second-order valence-corrected chi connectivity index (χ2v) is 6.59. The first-order chi connectivity index (χ1) is 11.1. The van der Waals surface area contributed by atoms with Crippen LogP contribution in [-0.4, -0.2) is 47.0 Å². The van der Waals surface area contributed by atoms with E-state index in [0.29, 0.717) is 12.1 Å². The molecule has 2 aliphatic rings. The number of hydrogen-bond donors (Lipinski definition) is 0. The van der Waals surface area contributed by atoms with Crippen LogP contribution in [0.3, 0.4) is 0 Å².